The second kappa shape index (κ2) is 6.45. The molecule has 2 N–H and O–H groups in total. The van der Waals surface area contributed by atoms with Gasteiger partial charge in [0.05, 0.1) is 23.4 Å². The lowest BCUT2D eigenvalue weighted by molar-refractivity contribution is 0.0858. The summed E-state index contributed by atoms with van der Waals surface area (Å²) in [4.78, 5) is 21.1. The second-order valence-electron chi connectivity index (χ2n) is 6.07. The summed E-state index contributed by atoms with van der Waals surface area (Å²) in [6, 6.07) is 16.9. The number of aliphatic hydroxyl groups is 1. The normalized spacial score (nSPS) is 18.6. The monoisotopic (exact) mass is 331 g/mol. The summed E-state index contributed by atoms with van der Waals surface area (Å²) < 4.78 is 0. The zero-order chi connectivity index (χ0) is 17.2. The van der Waals surface area contributed by atoms with Crippen LogP contribution >= 0.6 is 0 Å². The van der Waals surface area contributed by atoms with E-state index >= 15 is 0 Å². The molecule has 124 valence electrons. The highest BCUT2D eigenvalue weighted by Crippen LogP contribution is 2.32. The number of benzene rings is 2. The Morgan fingerprint density at radius 2 is 1.84 bits per heavy atom. The summed E-state index contributed by atoms with van der Waals surface area (Å²) in [5.74, 6) is -0.291. The Kier molecular flexibility index (Phi) is 3.99. The Morgan fingerprint density at radius 1 is 1.08 bits per heavy atom. The van der Waals surface area contributed by atoms with Crippen LogP contribution in [0.1, 0.15) is 27.5 Å². The van der Waals surface area contributed by atoms with E-state index in [2.05, 4.69) is 15.3 Å². The summed E-state index contributed by atoms with van der Waals surface area (Å²) >= 11 is 0. The van der Waals surface area contributed by atoms with Crippen molar-refractivity contribution in [3.05, 3.63) is 83.8 Å². The van der Waals surface area contributed by atoms with E-state index in [0.29, 0.717) is 17.7 Å². The van der Waals surface area contributed by atoms with Crippen molar-refractivity contribution in [3.63, 3.8) is 0 Å². The lowest BCUT2D eigenvalue weighted by atomic mass is 10.0. The topological polar surface area (TPSA) is 75.1 Å². The van der Waals surface area contributed by atoms with Gasteiger partial charge in [0.15, 0.2) is 0 Å². The summed E-state index contributed by atoms with van der Waals surface area (Å²) in [6.45, 7) is 0. The summed E-state index contributed by atoms with van der Waals surface area (Å²) in [5, 5.41) is 13.3. The zero-order valence-electron chi connectivity index (χ0n) is 13.5. The number of nitrogens with zero attached hydrogens (tertiary/aromatic N) is 2. The molecule has 2 atom stereocenters. The molecule has 0 aliphatic heterocycles. The van der Waals surface area contributed by atoms with Crippen LogP contribution in [0.25, 0.3) is 11.3 Å². The van der Waals surface area contributed by atoms with Crippen LogP contribution in [0.2, 0.25) is 0 Å². The van der Waals surface area contributed by atoms with Gasteiger partial charge < -0.3 is 10.4 Å². The molecule has 0 spiro atoms. The van der Waals surface area contributed by atoms with Gasteiger partial charge in [-0.3, -0.25) is 4.79 Å². The number of hydrogen-bond acceptors (Lipinski definition) is 4. The van der Waals surface area contributed by atoms with E-state index < -0.39 is 12.1 Å². The predicted molar refractivity (Wildman–Crippen MR) is 93.8 cm³/mol. The number of carbonyl (C=O) groups is 1. The van der Waals surface area contributed by atoms with Crippen molar-refractivity contribution in [2.24, 2.45) is 0 Å². The van der Waals surface area contributed by atoms with Crippen molar-refractivity contribution in [2.75, 3.05) is 0 Å². The molecule has 1 amide bonds. The van der Waals surface area contributed by atoms with E-state index in [4.69, 9.17) is 0 Å². The van der Waals surface area contributed by atoms with Gasteiger partial charge >= 0.3 is 0 Å². The van der Waals surface area contributed by atoms with Crippen molar-refractivity contribution >= 4 is 5.91 Å². The molecule has 1 aliphatic carbocycles. The smallest absolute Gasteiger partial charge is 0.255 e. The first-order chi connectivity index (χ1) is 12.2. The molecule has 25 heavy (non-hydrogen) atoms. The molecular formula is C20H17N3O2. The van der Waals surface area contributed by atoms with Crippen LogP contribution in [0.3, 0.4) is 0 Å². The van der Waals surface area contributed by atoms with Gasteiger partial charge in [-0.2, -0.15) is 0 Å². The molecule has 0 radical (unpaired) electrons. The van der Waals surface area contributed by atoms with E-state index in [9.17, 15) is 9.90 Å². The van der Waals surface area contributed by atoms with E-state index in [0.717, 1.165) is 16.7 Å². The number of nitrogens with one attached hydrogen (secondary N) is 1. The Hall–Kier alpha value is -3.05. The van der Waals surface area contributed by atoms with Gasteiger partial charge in [0.25, 0.3) is 5.91 Å². The molecule has 5 nitrogen and oxygen atoms in total. The lowest BCUT2D eigenvalue weighted by Gasteiger charge is -2.18. The Morgan fingerprint density at radius 3 is 2.68 bits per heavy atom. The van der Waals surface area contributed by atoms with Gasteiger partial charge in [-0.05, 0) is 11.1 Å². The Balaban J connectivity index is 1.65. The lowest BCUT2D eigenvalue weighted by Crippen LogP contribution is -2.34. The highest BCUT2D eigenvalue weighted by Gasteiger charge is 2.32. The standard InChI is InChI=1S/C20H17N3O2/c24-17-10-14-8-4-5-9-15(14)19(17)23-20(25)16-11-21-12-22-18(16)13-6-2-1-3-7-13/h1-9,11-12,17,19,24H,10H2,(H,23,25)/t17-,19+/m1/s1. The average molecular weight is 331 g/mol. The van der Waals surface area contributed by atoms with Crippen LogP contribution in [-0.4, -0.2) is 27.1 Å². The first kappa shape index (κ1) is 15.5. The third kappa shape index (κ3) is 2.90. The average Bonchev–Trinajstić information content (AvgIpc) is 2.98. The minimum atomic E-state index is -0.633. The molecule has 0 unspecified atom stereocenters. The van der Waals surface area contributed by atoms with Gasteiger partial charge in [0.1, 0.15) is 6.33 Å². The number of aromatic nitrogens is 2. The molecule has 1 aromatic heterocycles. The minimum Gasteiger partial charge on any atom is -0.390 e. The molecule has 0 saturated carbocycles. The first-order valence-corrected chi connectivity index (χ1v) is 8.16. The summed E-state index contributed by atoms with van der Waals surface area (Å²) in [6.07, 6.45) is 2.85. The number of hydrogen-bond donors (Lipinski definition) is 2. The Bertz CT molecular complexity index is 912. The van der Waals surface area contributed by atoms with Gasteiger partial charge in [-0.25, -0.2) is 9.97 Å². The van der Waals surface area contributed by atoms with Gasteiger partial charge in [0.2, 0.25) is 0 Å². The minimum absolute atomic E-state index is 0.291. The van der Waals surface area contributed by atoms with Gasteiger partial charge in [-0.15, -0.1) is 0 Å². The zero-order valence-corrected chi connectivity index (χ0v) is 13.5. The number of amides is 1. The van der Waals surface area contributed by atoms with Crippen LogP contribution in [-0.2, 0) is 6.42 Å². The fourth-order valence-electron chi connectivity index (χ4n) is 3.29. The largest absolute Gasteiger partial charge is 0.390 e. The molecule has 3 aromatic rings. The molecule has 0 bridgehead atoms. The maximum atomic E-state index is 12.8. The molecule has 5 heteroatoms. The fourth-order valence-corrected chi connectivity index (χ4v) is 3.29. The predicted octanol–water partition coefficient (Wildman–Crippen LogP) is 2.53. The highest BCUT2D eigenvalue weighted by atomic mass is 16.3. The molecule has 1 heterocycles. The summed E-state index contributed by atoms with van der Waals surface area (Å²) in [7, 11) is 0. The molecule has 4 rings (SSSR count). The van der Waals surface area contributed by atoms with E-state index in [1.165, 1.54) is 12.5 Å². The van der Waals surface area contributed by atoms with Crippen LogP contribution in [0.5, 0.6) is 0 Å². The number of carbonyl (C=O) groups excluding carboxylic acids is 1. The quantitative estimate of drug-likeness (QED) is 0.773. The number of rotatable bonds is 3. The van der Waals surface area contributed by atoms with Gasteiger partial charge in [0, 0.05) is 18.2 Å². The van der Waals surface area contributed by atoms with Crippen molar-refractivity contribution < 1.29 is 9.90 Å². The number of fused-ring (bicyclic) bond motifs is 1. The van der Waals surface area contributed by atoms with Crippen LogP contribution < -0.4 is 5.32 Å². The maximum Gasteiger partial charge on any atom is 0.255 e. The third-order valence-electron chi connectivity index (χ3n) is 4.49. The molecular weight excluding hydrogens is 314 g/mol. The molecule has 1 aliphatic rings. The first-order valence-electron chi connectivity index (χ1n) is 8.16. The van der Waals surface area contributed by atoms with E-state index in [1.807, 2.05) is 54.6 Å². The van der Waals surface area contributed by atoms with Crippen molar-refractivity contribution in [3.8, 4) is 11.3 Å². The molecule has 0 fully saturated rings. The third-order valence-corrected chi connectivity index (χ3v) is 4.49. The van der Waals surface area contributed by atoms with E-state index in [-0.39, 0.29) is 5.91 Å². The maximum absolute atomic E-state index is 12.8. The number of aliphatic hydroxyl groups excluding tert-OH is 1. The fraction of sp³-hybridized carbons (Fsp3) is 0.150. The Labute approximate surface area is 145 Å². The van der Waals surface area contributed by atoms with Crippen molar-refractivity contribution in [1.82, 2.24) is 15.3 Å². The van der Waals surface area contributed by atoms with Crippen LogP contribution in [0, 0.1) is 0 Å². The van der Waals surface area contributed by atoms with Crippen molar-refractivity contribution in [2.45, 2.75) is 18.6 Å². The summed E-state index contributed by atoms with van der Waals surface area (Å²) in [5.41, 5.74) is 3.84. The van der Waals surface area contributed by atoms with Crippen molar-refractivity contribution in [1.29, 1.82) is 0 Å². The van der Waals surface area contributed by atoms with E-state index in [1.54, 1.807) is 0 Å². The molecule has 2 aromatic carbocycles. The van der Waals surface area contributed by atoms with Gasteiger partial charge in [-0.1, -0.05) is 54.6 Å². The highest BCUT2D eigenvalue weighted by molar-refractivity contribution is 5.99. The second-order valence-corrected chi connectivity index (χ2v) is 6.07. The van der Waals surface area contributed by atoms with Crippen LogP contribution in [0.4, 0.5) is 0 Å². The van der Waals surface area contributed by atoms with Crippen LogP contribution in [0.15, 0.2) is 67.1 Å². The molecule has 0 saturated heterocycles. The SMILES string of the molecule is O=C(N[C@H]1c2ccccc2C[C@H]1O)c1cncnc1-c1ccccc1.